The molecular formula is C24H28N4O5. The topological polar surface area (TPSA) is 126 Å². The average molecular weight is 453 g/mol. The van der Waals surface area contributed by atoms with E-state index in [1.54, 1.807) is 29.7 Å². The monoisotopic (exact) mass is 452 g/mol. The van der Waals surface area contributed by atoms with Crippen LogP contribution in [0.3, 0.4) is 0 Å². The fourth-order valence-electron chi connectivity index (χ4n) is 3.83. The van der Waals surface area contributed by atoms with Crippen molar-refractivity contribution in [2.75, 3.05) is 6.54 Å². The highest BCUT2D eigenvalue weighted by atomic mass is 16.6. The molecule has 1 aromatic heterocycles. The van der Waals surface area contributed by atoms with Gasteiger partial charge in [-0.25, -0.2) is 5.48 Å². The molecule has 0 spiro atoms. The number of hydrogen-bond acceptors (Lipinski definition) is 5. The number of carbonyl (C=O) groups excluding carboxylic acids is 2. The normalized spacial score (nSPS) is 10.8. The Morgan fingerprint density at radius 1 is 1.06 bits per heavy atom. The van der Waals surface area contributed by atoms with Crippen LogP contribution in [0.1, 0.15) is 53.6 Å². The van der Waals surface area contributed by atoms with Gasteiger partial charge in [0.15, 0.2) is 0 Å². The van der Waals surface area contributed by atoms with Gasteiger partial charge in [0.25, 0.3) is 11.6 Å². The third kappa shape index (κ3) is 6.39. The van der Waals surface area contributed by atoms with Gasteiger partial charge in [0, 0.05) is 54.8 Å². The largest absolute Gasteiger partial charge is 0.352 e. The van der Waals surface area contributed by atoms with Gasteiger partial charge < -0.3 is 9.88 Å². The van der Waals surface area contributed by atoms with Crippen LogP contribution in [0.25, 0.3) is 10.9 Å². The standard InChI is InChI=1S/C24H28N4O5/c1-27-16-19(21-15-20(28(32)33)11-12-22(21)27)14-17-7-9-18(10-8-17)24(30)25-13-5-3-2-4-6-23(29)26-31/h7-12,15-16,31H,2-6,13-14H2,1H3,(H,25,30)(H,26,29). The molecule has 0 aliphatic carbocycles. The Morgan fingerprint density at radius 2 is 1.79 bits per heavy atom. The maximum absolute atomic E-state index is 12.4. The molecule has 0 fully saturated rings. The Bertz CT molecular complexity index is 1140. The highest BCUT2D eigenvalue weighted by Gasteiger charge is 2.13. The fraction of sp³-hybridized carbons (Fsp3) is 0.333. The first kappa shape index (κ1) is 23.9. The van der Waals surface area contributed by atoms with Crippen molar-refractivity contribution in [3.05, 3.63) is 75.5 Å². The van der Waals surface area contributed by atoms with E-state index in [2.05, 4.69) is 5.32 Å². The first-order chi connectivity index (χ1) is 15.9. The lowest BCUT2D eigenvalue weighted by Crippen LogP contribution is -2.24. The van der Waals surface area contributed by atoms with Gasteiger partial charge in [-0.3, -0.25) is 24.9 Å². The third-order valence-corrected chi connectivity index (χ3v) is 5.62. The minimum absolute atomic E-state index is 0.0672. The average Bonchev–Trinajstić information content (AvgIpc) is 3.13. The molecule has 1 heterocycles. The lowest BCUT2D eigenvalue weighted by molar-refractivity contribution is -0.384. The molecule has 0 saturated heterocycles. The van der Waals surface area contributed by atoms with Crippen molar-refractivity contribution in [3.8, 4) is 0 Å². The van der Waals surface area contributed by atoms with Crippen molar-refractivity contribution in [2.45, 2.75) is 38.5 Å². The van der Waals surface area contributed by atoms with Gasteiger partial charge in [-0.1, -0.05) is 25.0 Å². The fourth-order valence-corrected chi connectivity index (χ4v) is 3.83. The zero-order valence-electron chi connectivity index (χ0n) is 18.5. The minimum Gasteiger partial charge on any atom is -0.352 e. The van der Waals surface area contributed by atoms with Crippen molar-refractivity contribution in [3.63, 3.8) is 0 Å². The number of nitro groups is 1. The summed E-state index contributed by atoms with van der Waals surface area (Å²) in [6.07, 6.45) is 6.14. The van der Waals surface area contributed by atoms with Crippen molar-refractivity contribution in [2.24, 2.45) is 7.05 Å². The van der Waals surface area contributed by atoms with Crippen LogP contribution in [0, 0.1) is 10.1 Å². The molecule has 0 unspecified atom stereocenters. The summed E-state index contributed by atoms with van der Waals surface area (Å²) in [5, 5.41) is 23.3. The van der Waals surface area contributed by atoms with Crippen LogP contribution < -0.4 is 10.8 Å². The predicted octanol–water partition coefficient (Wildman–Crippen LogP) is 3.86. The number of nitrogens with zero attached hydrogens (tertiary/aromatic N) is 2. The number of nitrogens with one attached hydrogen (secondary N) is 2. The number of aryl methyl sites for hydroxylation is 1. The van der Waals surface area contributed by atoms with Gasteiger partial charge in [0.1, 0.15) is 0 Å². The molecule has 174 valence electrons. The molecule has 3 rings (SSSR count). The summed E-state index contributed by atoms with van der Waals surface area (Å²) >= 11 is 0. The molecule has 33 heavy (non-hydrogen) atoms. The smallest absolute Gasteiger partial charge is 0.270 e. The van der Waals surface area contributed by atoms with Crippen LogP contribution in [-0.2, 0) is 18.3 Å². The van der Waals surface area contributed by atoms with Gasteiger partial charge >= 0.3 is 0 Å². The Hall–Kier alpha value is -3.72. The van der Waals surface area contributed by atoms with E-state index >= 15 is 0 Å². The molecule has 0 saturated carbocycles. The van der Waals surface area contributed by atoms with E-state index in [1.807, 2.05) is 29.9 Å². The van der Waals surface area contributed by atoms with E-state index in [0.717, 1.165) is 41.3 Å². The minimum atomic E-state index is -0.390. The number of benzene rings is 2. The second kappa shape index (κ2) is 11.2. The molecule has 0 radical (unpaired) electrons. The predicted molar refractivity (Wildman–Crippen MR) is 124 cm³/mol. The molecule has 3 N–H and O–H groups in total. The zero-order chi connectivity index (χ0) is 23.8. The first-order valence-corrected chi connectivity index (χ1v) is 10.9. The SMILES string of the molecule is Cn1cc(Cc2ccc(C(=O)NCCCCCCC(=O)NO)cc2)c2cc([N+](=O)[O-])ccc21. The van der Waals surface area contributed by atoms with E-state index in [1.165, 1.54) is 6.07 Å². The highest BCUT2D eigenvalue weighted by molar-refractivity contribution is 5.94. The Balaban J connectivity index is 1.52. The molecule has 9 nitrogen and oxygen atoms in total. The maximum atomic E-state index is 12.4. The number of aromatic nitrogens is 1. The van der Waals surface area contributed by atoms with Crippen LogP contribution in [0.15, 0.2) is 48.7 Å². The van der Waals surface area contributed by atoms with E-state index in [4.69, 9.17) is 5.21 Å². The van der Waals surface area contributed by atoms with Crippen molar-refractivity contribution >= 4 is 28.4 Å². The molecule has 2 amide bonds. The lowest BCUT2D eigenvalue weighted by atomic mass is 10.0. The van der Waals surface area contributed by atoms with Gasteiger partial charge in [-0.15, -0.1) is 0 Å². The Labute approximate surface area is 191 Å². The number of non-ortho nitro benzene ring substituents is 1. The number of rotatable bonds is 11. The summed E-state index contributed by atoms with van der Waals surface area (Å²) in [5.41, 5.74) is 5.19. The molecule has 0 bridgehead atoms. The molecule has 2 aromatic carbocycles. The molecular weight excluding hydrogens is 424 g/mol. The molecule has 3 aromatic rings. The molecule has 0 aliphatic rings. The number of hydroxylamine groups is 1. The molecule has 9 heteroatoms. The van der Waals surface area contributed by atoms with Crippen LogP contribution in [0.2, 0.25) is 0 Å². The Morgan fingerprint density at radius 3 is 2.48 bits per heavy atom. The number of carbonyl (C=O) groups is 2. The zero-order valence-corrected chi connectivity index (χ0v) is 18.5. The van der Waals surface area contributed by atoms with E-state index in [-0.39, 0.29) is 22.4 Å². The molecule has 0 atom stereocenters. The summed E-state index contributed by atoms with van der Waals surface area (Å²) in [6.45, 7) is 0.557. The quantitative estimate of drug-likeness (QED) is 0.176. The van der Waals surface area contributed by atoms with E-state index in [9.17, 15) is 19.7 Å². The maximum Gasteiger partial charge on any atom is 0.270 e. The summed E-state index contributed by atoms with van der Waals surface area (Å²) in [7, 11) is 1.91. The van der Waals surface area contributed by atoms with Crippen molar-refractivity contribution in [1.82, 2.24) is 15.4 Å². The highest BCUT2D eigenvalue weighted by Crippen LogP contribution is 2.27. The Kier molecular flexibility index (Phi) is 8.15. The van der Waals surface area contributed by atoms with Crippen LogP contribution in [-0.4, -0.2) is 33.1 Å². The van der Waals surface area contributed by atoms with Crippen molar-refractivity contribution in [1.29, 1.82) is 0 Å². The summed E-state index contributed by atoms with van der Waals surface area (Å²) in [6, 6.07) is 12.2. The van der Waals surface area contributed by atoms with Crippen LogP contribution in [0.5, 0.6) is 0 Å². The lowest BCUT2D eigenvalue weighted by Gasteiger charge is -2.07. The van der Waals surface area contributed by atoms with Gasteiger partial charge in [0.05, 0.1) is 4.92 Å². The number of amides is 2. The van der Waals surface area contributed by atoms with Gasteiger partial charge in [-0.05, 0) is 48.6 Å². The summed E-state index contributed by atoms with van der Waals surface area (Å²) in [4.78, 5) is 34.0. The second-order valence-electron chi connectivity index (χ2n) is 8.05. The van der Waals surface area contributed by atoms with Gasteiger partial charge in [0.2, 0.25) is 5.91 Å². The number of nitro benzene ring substituents is 1. The first-order valence-electron chi connectivity index (χ1n) is 10.9. The third-order valence-electron chi connectivity index (χ3n) is 5.62. The van der Waals surface area contributed by atoms with Crippen molar-refractivity contribution < 1.29 is 19.7 Å². The van der Waals surface area contributed by atoms with Crippen LogP contribution >= 0.6 is 0 Å². The van der Waals surface area contributed by atoms with Crippen LogP contribution in [0.4, 0.5) is 5.69 Å². The van der Waals surface area contributed by atoms with E-state index in [0.29, 0.717) is 31.4 Å². The number of unbranched alkanes of at least 4 members (excludes halogenated alkanes) is 3. The second-order valence-corrected chi connectivity index (χ2v) is 8.05. The molecule has 0 aliphatic heterocycles. The van der Waals surface area contributed by atoms with Gasteiger partial charge in [-0.2, -0.15) is 0 Å². The summed E-state index contributed by atoms with van der Waals surface area (Å²) in [5.74, 6) is -0.518. The number of hydrogen-bond donors (Lipinski definition) is 3. The number of fused-ring (bicyclic) bond motifs is 1. The van der Waals surface area contributed by atoms with E-state index < -0.39 is 0 Å². The summed E-state index contributed by atoms with van der Waals surface area (Å²) < 4.78 is 1.96.